The molecule has 1 aliphatic heterocycles. The Kier molecular flexibility index (Phi) is 4.57. The summed E-state index contributed by atoms with van der Waals surface area (Å²) in [5.41, 5.74) is 1.59. The fourth-order valence-corrected chi connectivity index (χ4v) is 2.23. The molecule has 0 saturated carbocycles. The molecule has 0 amide bonds. The van der Waals surface area contributed by atoms with Crippen LogP contribution in [0.5, 0.6) is 0 Å². The minimum atomic E-state index is -0.419. The van der Waals surface area contributed by atoms with Crippen molar-refractivity contribution in [3.05, 3.63) is 29.3 Å². The predicted octanol–water partition coefficient (Wildman–Crippen LogP) is 0.669. The van der Waals surface area contributed by atoms with Crippen molar-refractivity contribution in [3.63, 3.8) is 0 Å². The van der Waals surface area contributed by atoms with Gasteiger partial charge in [0.1, 0.15) is 0 Å². The Morgan fingerprint density at radius 3 is 2.35 bits per heavy atom. The number of rotatable bonds is 3. The zero-order valence-electron chi connectivity index (χ0n) is 11.6. The molecule has 108 valence electrons. The van der Waals surface area contributed by atoms with Crippen LogP contribution in [0, 0.1) is 0 Å². The van der Waals surface area contributed by atoms with Gasteiger partial charge in [-0.3, -0.25) is 0 Å². The molecular weight excluding hydrogens is 260 g/mol. The fraction of sp³-hybridized carbons (Fsp3) is 0.429. The van der Waals surface area contributed by atoms with Gasteiger partial charge < -0.3 is 19.7 Å². The highest BCUT2D eigenvalue weighted by molar-refractivity contribution is 5.99. The third-order valence-corrected chi connectivity index (χ3v) is 3.28. The average Bonchev–Trinajstić information content (AvgIpc) is 2.53. The number of piperazine rings is 1. The Morgan fingerprint density at radius 2 is 1.75 bits per heavy atom. The molecule has 2 rings (SSSR count). The number of carbonyl (C=O) groups is 2. The molecule has 1 saturated heterocycles. The van der Waals surface area contributed by atoms with Gasteiger partial charge in [-0.1, -0.05) is 0 Å². The lowest BCUT2D eigenvalue weighted by Gasteiger charge is -2.30. The van der Waals surface area contributed by atoms with Gasteiger partial charge >= 0.3 is 11.9 Å². The Morgan fingerprint density at radius 1 is 1.10 bits per heavy atom. The lowest BCUT2D eigenvalue weighted by molar-refractivity contribution is 0.0587. The second-order valence-electron chi connectivity index (χ2n) is 4.45. The zero-order valence-corrected chi connectivity index (χ0v) is 11.6. The van der Waals surface area contributed by atoms with Gasteiger partial charge in [0.05, 0.1) is 31.0 Å². The summed E-state index contributed by atoms with van der Waals surface area (Å²) in [6.07, 6.45) is 0. The number of benzene rings is 1. The lowest BCUT2D eigenvalue weighted by Crippen LogP contribution is -2.44. The second kappa shape index (κ2) is 6.38. The summed E-state index contributed by atoms with van der Waals surface area (Å²) in [6, 6.07) is 4.86. The first kappa shape index (κ1) is 14.3. The van der Waals surface area contributed by atoms with Crippen LogP contribution in [0.2, 0.25) is 0 Å². The van der Waals surface area contributed by atoms with Crippen LogP contribution in [0.3, 0.4) is 0 Å². The van der Waals surface area contributed by atoms with Crippen LogP contribution in [-0.4, -0.2) is 52.3 Å². The number of carbonyl (C=O) groups excluding carboxylic acids is 2. The molecule has 0 aliphatic carbocycles. The molecule has 1 aliphatic rings. The molecule has 0 spiro atoms. The van der Waals surface area contributed by atoms with Gasteiger partial charge in [0.15, 0.2) is 0 Å². The van der Waals surface area contributed by atoms with E-state index in [1.807, 2.05) is 0 Å². The molecule has 0 atom stereocenters. The SMILES string of the molecule is COC(=O)c1ccc(C(=O)OC)c(N2CCNCC2)c1. The lowest BCUT2D eigenvalue weighted by atomic mass is 10.1. The summed E-state index contributed by atoms with van der Waals surface area (Å²) in [6.45, 7) is 3.22. The van der Waals surface area contributed by atoms with E-state index in [9.17, 15) is 9.59 Å². The maximum Gasteiger partial charge on any atom is 0.339 e. The normalized spacial score (nSPS) is 14.8. The molecule has 0 bridgehead atoms. The molecule has 1 heterocycles. The molecule has 0 unspecified atom stereocenters. The van der Waals surface area contributed by atoms with E-state index in [0.717, 1.165) is 26.2 Å². The van der Waals surface area contributed by atoms with Gasteiger partial charge in [0.2, 0.25) is 0 Å². The van der Waals surface area contributed by atoms with E-state index in [2.05, 4.69) is 10.2 Å². The maximum absolute atomic E-state index is 11.8. The summed E-state index contributed by atoms with van der Waals surface area (Å²) in [4.78, 5) is 25.5. The van der Waals surface area contributed by atoms with Crippen molar-refractivity contribution < 1.29 is 19.1 Å². The van der Waals surface area contributed by atoms with Crippen molar-refractivity contribution in [1.82, 2.24) is 5.32 Å². The number of methoxy groups -OCH3 is 2. The summed E-state index contributed by atoms with van der Waals surface area (Å²) in [5, 5.41) is 3.25. The molecule has 20 heavy (non-hydrogen) atoms. The van der Waals surface area contributed by atoms with Gasteiger partial charge in [-0.05, 0) is 18.2 Å². The van der Waals surface area contributed by atoms with Crippen LogP contribution in [0.1, 0.15) is 20.7 Å². The van der Waals surface area contributed by atoms with Gasteiger partial charge in [-0.2, -0.15) is 0 Å². The minimum Gasteiger partial charge on any atom is -0.465 e. The molecular formula is C14H18N2O4. The maximum atomic E-state index is 11.8. The highest BCUT2D eigenvalue weighted by Gasteiger charge is 2.21. The second-order valence-corrected chi connectivity index (χ2v) is 4.45. The Labute approximate surface area is 117 Å². The summed E-state index contributed by atoms with van der Waals surface area (Å²) >= 11 is 0. The molecule has 0 radical (unpaired) electrons. The Bertz CT molecular complexity index is 510. The average molecular weight is 278 g/mol. The molecule has 1 aromatic carbocycles. The zero-order chi connectivity index (χ0) is 14.5. The highest BCUT2D eigenvalue weighted by atomic mass is 16.5. The molecule has 1 fully saturated rings. The van der Waals surface area contributed by atoms with Gasteiger partial charge in [-0.25, -0.2) is 9.59 Å². The van der Waals surface area contributed by atoms with E-state index in [4.69, 9.17) is 9.47 Å². The number of nitrogens with one attached hydrogen (secondary N) is 1. The minimum absolute atomic E-state index is 0.407. The van der Waals surface area contributed by atoms with E-state index >= 15 is 0 Å². The summed E-state index contributed by atoms with van der Waals surface area (Å²) in [5.74, 6) is -0.826. The third-order valence-electron chi connectivity index (χ3n) is 3.28. The van der Waals surface area contributed by atoms with E-state index < -0.39 is 11.9 Å². The van der Waals surface area contributed by atoms with Gasteiger partial charge in [0, 0.05) is 26.2 Å². The van der Waals surface area contributed by atoms with E-state index in [0.29, 0.717) is 16.8 Å². The fourth-order valence-electron chi connectivity index (χ4n) is 2.23. The molecule has 6 heteroatoms. The van der Waals surface area contributed by atoms with Crippen molar-refractivity contribution in [2.75, 3.05) is 45.3 Å². The first-order valence-electron chi connectivity index (χ1n) is 6.43. The number of ether oxygens (including phenoxy) is 2. The number of esters is 2. The van der Waals surface area contributed by atoms with Crippen LogP contribution >= 0.6 is 0 Å². The van der Waals surface area contributed by atoms with Crippen molar-refractivity contribution in [3.8, 4) is 0 Å². The van der Waals surface area contributed by atoms with Crippen LogP contribution in [0.15, 0.2) is 18.2 Å². The standard InChI is InChI=1S/C14H18N2O4/c1-19-13(17)10-3-4-11(14(18)20-2)12(9-10)16-7-5-15-6-8-16/h3-4,9,15H,5-8H2,1-2H3. The van der Waals surface area contributed by atoms with Crippen LogP contribution in [0.4, 0.5) is 5.69 Å². The van der Waals surface area contributed by atoms with Crippen LogP contribution < -0.4 is 10.2 Å². The van der Waals surface area contributed by atoms with E-state index in [1.54, 1.807) is 18.2 Å². The smallest absolute Gasteiger partial charge is 0.339 e. The largest absolute Gasteiger partial charge is 0.465 e. The number of anilines is 1. The topological polar surface area (TPSA) is 67.9 Å². The number of hydrogen-bond acceptors (Lipinski definition) is 6. The Hall–Kier alpha value is -2.08. The number of nitrogens with zero attached hydrogens (tertiary/aromatic N) is 1. The van der Waals surface area contributed by atoms with Crippen molar-refractivity contribution in [2.24, 2.45) is 0 Å². The summed E-state index contributed by atoms with van der Waals surface area (Å²) < 4.78 is 9.52. The molecule has 1 N–H and O–H groups in total. The van der Waals surface area contributed by atoms with Crippen molar-refractivity contribution in [2.45, 2.75) is 0 Å². The number of hydrogen-bond donors (Lipinski definition) is 1. The molecule has 6 nitrogen and oxygen atoms in total. The van der Waals surface area contributed by atoms with Crippen molar-refractivity contribution in [1.29, 1.82) is 0 Å². The molecule has 0 aromatic heterocycles. The summed E-state index contributed by atoms with van der Waals surface area (Å²) in [7, 11) is 2.68. The first-order chi connectivity index (χ1) is 9.67. The highest BCUT2D eigenvalue weighted by Crippen LogP contribution is 2.24. The monoisotopic (exact) mass is 278 g/mol. The van der Waals surface area contributed by atoms with E-state index in [-0.39, 0.29) is 0 Å². The molecule has 1 aromatic rings. The van der Waals surface area contributed by atoms with E-state index in [1.165, 1.54) is 14.2 Å². The third kappa shape index (κ3) is 2.91. The quantitative estimate of drug-likeness (QED) is 0.820. The van der Waals surface area contributed by atoms with Gasteiger partial charge in [-0.15, -0.1) is 0 Å². The van der Waals surface area contributed by atoms with Crippen LogP contribution in [0.25, 0.3) is 0 Å². The first-order valence-corrected chi connectivity index (χ1v) is 6.43. The predicted molar refractivity (Wildman–Crippen MR) is 74.2 cm³/mol. The van der Waals surface area contributed by atoms with Crippen molar-refractivity contribution >= 4 is 17.6 Å². The van der Waals surface area contributed by atoms with Gasteiger partial charge in [0.25, 0.3) is 0 Å². The van der Waals surface area contributed by atoms with Crippen LogP contribution in [-0.2, 0) is 9.47 Å². The Balaban J connectivity index is 2.41.